The second kappa shape index (κ2) is 6.20. The highest BCUT2D eigenvalue weighted by Gasteiger charge is 2.25. The van der Waals surface area contributed by atoms with Crippen molar-refractivity contribution in [1.29, 1.82) is 0 Å². The van der Waals surface area contributed by atoms with E-state index in [1.165, 1.54) is 5.56 Å². The van der Waals surface area contributed by atoms with E-state index in [2.05, 4.69) is 28.7 Å². The Morgan fingerprint density at radius 3 is 2.70 bits per heavy atom. The van der Waals surface area contributed by atoms with Crippen LogP contribution in [0, 0.1) is 5.92 Å². The van der Waals surface area contributed by atoms with E-state index in [0.29, 0.717) is 12.0 Å². The highest BCUT2D eigenvalue weighted by atomic mass is 16.5. The van der Waals surface area contributed by atoms with Gasteiger partial charge >= 0.3 is 0 Å². The molecule has 1 aromatic carbocycles. The molecule has 2 heterocycles. The molecule has 2 aromatic rings. The summed E-state index contributed by atoms with van der Waals surface area (Å²) in [5, 5.41) is 7.94. The molecule has 0 bridgehead atoms. The normalized spacial score (nSPS) is 18.1. The van der Waals surface area contributed by atoms with Crippen LogP contribution in [0.2, 0.25) is 0 Å². The van der Waals surface area contributed by atoms with Crippen molar-refractivity contribution >= 4 is 0 Å². The van der Waals surface area contributed by atoms with Crippen molar-refractivity contribution in [2.45, 2.75) is 18.9 Å². The van der Waals surface area contributed by atoms with Crippen molar-refractivity contribution < 1.29 is 4.74 Å². The van der Waals surface area contributed by atoms with E-state index in [-0.39, 0.29) is 0 Å². The SMILES string of the molecule is CNC(c1cnn(-c2ccccc2)c1)C1CCOCC1. The van der Waals surface area contributed by atoms with Gasteiger partial charge in [-0.3, -0.25) is 0 Å². The maximum absolute atomic E-state index is 5.46. The number of hydrogen-bond acceptors (Lipinski definition) is 3. The third kappa shape index (κ3) is 2.76. The zero-order valence-corrected chi connectivity index (χ0v) is 11.8. The molecule has 106 valence electrons. The van der Waals surface area contributed by atoms with Gasteiger partial charge in [0.25, 0.3) is 0 Å². The van der Waals surface area contributed by atoms with Crippen LogP contribution in [0.15, 0.2) is 42.7 Å². The van der Waals surface area contributed by atoms with Crippen LogP contribution in [0.25, 0.3) is 5.69 Å². The molecule has 1 atom stereocenters. The first-order valence-electron chi connectivity index (χ1n) is 7.23. The largest absolute Gasteiger partial charge is 0.381 e. The van der Waals surface area contributed by atoms with Crippen LogP contribution < -0.4 is 5.32 Å². The van der Waals surface area contributed by atoms with Crippen LogP contribution in [-0.4, -0.2) is 30.0 Å². The van der Waals surface area contributed by atoms with Crippen LogP contribution in [0.4, 0.5) is 0 Å². The fourth-order valence-electron chi connectivity index (χ4n) is 2.94. The van der Waals surface area contributed by atoms with Gasteiger partial charge in [0, 0.05) is 31.0 Å². The van der Waals surface area contributed by atoms with E-state index in [0.717, 1.165) is 31.7 Å². The van der Waals surface area contributed by atoms with Gasteiger partial charge < -0.3 is 10.1 Å². The minimum Gasteiger partial charge on any atom is -0.381 e. The molecule has 20 heavy (non-hydrogen) atoms. The standard InChI is InChI=1S/C16H21N3O/c1-17-16(13-7-9-20-10-8-13)14-11-18-19(12-14)15-5-3-2-4-6-15/h2-6,11-13,16-17H,7-10H2,1H3. The van der Waals surface area contributed by atoms with Gasteiger partial charge in [-0.05, 0) is 37.9 Å². The van der Waals surface area contributed by atoms with E-state index in [1.807, 2.05) is 36.1 Å². The number of benzene rings is 1. The number of aromatic nitrogens is 2. The van der Waals surface area contributed by atoms with Crippen molar-refractivity contribution in [1.82, 2.24) is 15.1 Å². The first kappa shape index (κ1) is 13.3. The predicted octanol–water partition coefficient (Wildman–Crippen LogP) is 2.56. The van der Waals surface area contributed by atoms with Crippen molar-refractivity contribution in [2.75, 3.05) is 20.3 Å². The predicted molar refractivity (Wildman–Crippen MR) is 78.9 cm³/mol. The molecule has 0 saturated carbocycles. The molecule has 4 heteroatoms. The number of hydrogen-bond donors (Lipinski definition) is 1. The molecule has 1 aliphatic heterocycles. The second-order valence-corrected chi connectivity index (χ2v) is 5.27. The average molecular weight is 271 g/mol. The Hall–Kier alpha value is -1.65. The van der Waals surface area contributed by atoms with Gasteiger partial charge in [-0.1, -0.05) is 18.2 Å². The number of ether oxygens (including phenoxy) is 1. The lowest BCUT2D eigenvalue weighted by molar-refractivity contribution is 0.0546. The molecule has 1 aliphatic rings. The third-order valence-corrected chi connectivity index (χ3v) is 4.03. The van der Waals surface area contributed by atoms with Crippen LogP contribution in [0.5, 0.6) is 0 Å². The zero-order chi connectivity index (χ0) is 13.8. The summed E-state index contributed by atoms with van der Waals surface area (Å²) in [4.78, 5) is 0. The van der Waals surface area contributed by atoms with Gasteiger partial charge in [0.1, 0.15) is 0 Å². The summed E-state index contributed by atoms with van der Waals surface area (Å²) in [5.41, 5.74) is 2.35. The summed E-state index contributed by atoms with van der Waals surface area (Å²) < 4.78 is 7.40. The molecule has 0 amide bonds. The first-order valence-corrected chi connectivity index (χ1v) is 7.23. The Morgan fingerprint density at radius 1 is 1.25 bits per heavy atom. The van der Waals surface area contributed by atoms with Crippen molar-refractivity contribution in [2.24, 2.45) is 5.92 Å². The highest BCUT2D eigenvalue weighted by molar-refractivity contribution is 5.31. The summed E-state index contributed by atoms with van der Waals surface area (Å²) in [6.45, 7) is 1.74. The minimum absolute atomic E-state index is 0.358. The Labute approximate surface area is 119 Å². The number of para-hydroxylation sites is 1. The maximum atomic E-state index is 5.46. The van der Waals surface area contributed by atoms with Gasteiger partial charge in [-0.2, -0.15) is 5.10 Å². The Balaban J connectivity index is 1.80. The molecule has 0 aliphatic carbocycles. The molecule has 0 radical (unpaired) electrons. The second-order valence-electron chi connectivity index (χ2n) is 5.27. The van der Waals surface area contributed by atoms with Crippen molar-refractivity contribution in [3.05, 3.63) is 48.3 Å². The van der Waals surface area contributed by atoms with Gasteiger partial charge in [0.05, 0.1) is 11.9 Å². The molecular formula is C16H21N3O. The van der Waals surface area contributed by atoms with Gasteiger partial charge in [-0.25, -0.2) is 4.68 Å². The molecule has 0 spiro atoms. The summed E-state index contributed by atoms with van der Waals surface area (Å²) in [5.74, 6) is 0.627. The lowest BCUT2D eigenvalue weighted by Crippen LogP contribution is -2.29. The van der Waals surface area contributed by atoms with Gasteiger partial charge in [0.2, 0.25) is 0 Å². The minimum atomic E-state index is 0.358. The Morgan fingerprint density at radius 2 is 2.00 bits per heavy atom. The van der Waals surface area contributed by atoms with Crippen LogP contribution in [-0.2, 0) is 4.74 Å². The quantitative estimate of drug-likeness (QED) is 0.929. The molecule has 1 fully saturated rings. The van der Waals surface area contributed by atoms with Crippen molar-refractivity contribution in [3.8, 4) is 5.69 Å². The van der Waals surface area contributed by atoms with Crippen LogP contribution >= 0.6 is 0 Å². The van der Waals surface area contributed by atoms with Crippen LogP contribution in [0.3, 0.4) is 0 Å². The summed E-state index contributed by atoms with van der Waals surface area (Å²) in [6, 6.07) is 10.6. The number of nitrogens with one attached hydrogen (secondary N) is 1. The molecule has 1 saturated heterocycles. The smallest absolute Gasteiger partial charge is 0.0645 e. The highest BCUT2D eigenvalue weighted by Crippen LogP contribution is 2.29. The molecule has 3 rings (SSSR count). The first-order chi connectivity index (χ1) is 9.88. The summed E-state index contributed by atoms with van der Waals surface area (Å²) in [6.07, 6.45) is 6.33. The molecular weight excluding hydrogens is 250 g/mol. The monoisotopic (exact) mass is 271 g/mol. The lowest BCUT2D eigenvalue weighted by Gasteiger charge is -2.29. The zero-order valence-electron chi connectivity index (χ0n) is 11.8. The molecule has 1 unspecified atom stereocenters. The molecule has 4 nitrogen and oxygen atoms in total. The molecule has 1 N–H and O–H groups in total. The topological polar surface area (TPSA) is 39.1 Å². The van der Waals surface area contributed by atoms with Crippen molar-refractivity contribution in [3.63, 3.8) is 0 Å². The van der Waals surface area contributed by atoms with E-state index in [1.54, 1.807) is 0 Å². The summed E-state index contributed by atoms with van der Waals surface area (Å²) in [7, 11) is 2.03. The number of rotatable bonds is 4. The van der Waals surface area contributed by atoms with Gasteiger partial charge in [0.15, 0.2) is 0 Å². The third-order valence-electron chi connectivity index (χ3n) is 4.03. The maximum Gasteiger partial charge on any atom is 0.0645 e. The van der Waals surface area contributed by atoms with E-state index in [9.17, 15) is 0 Å². The Bertz CT molecular complexity index is 532. The van der Waals surface area contributed by atoms with Gasteiger partial charge in [-0.15, -0.1) is 0 Å². The average Bonchev–Trinajstić information content (AvgIpc) is 3.00. The lowest BCUT2D eigenvalue weighted by atomic mass is 9.88. The fourth-order valence-corrected chi connectivity index (χ4v) is 2.94. The number of nitrogens with zero attached hydrogens (tertiary/aromatic N) is 2. The van der Waals surface area contributed by atoms with E-state index >= 15 is 0 Å². The summed E-state index contributed by atoms with van der Waals surface area (Å²) >= 11 is 0. The fraction of sp³-hybridized carbons (Fsp3) is 0.438. The van der Waals surface area contributed by atoms with E-state index < -0.39 is 0 Å². The van der Waals surface area contributed by atoms with E-state index in [4.69, 9.17) is 4.74 Å². The van der Waals surface area contributed by atoms with Crippen LogP contribution in [0.1, 0.15) is 24.4 Å². The molecule has 1 aromatic heterocycles. The Kier molecular flexibility index (Phi) is 4.14.